The van der Waals surface area contributed by atoms with Crippen LogP contribution in [0.3, 0.4) is 0 Å². The van der Waals surface area contributed by atoms with Crippen molar-refractivity contribution >= 4 is 22.1 Å². The van der Waals surface area contributed by atoms with Crippen molar-refractivity contribution in [3.8, 4) is 11.1 Å². The smallest absolute Gasteiger partial charge is 0.0519 e. The number of hydrogen-bond donors (Lipinski definition) is 2. The van der Waals surface area contributed by atoms with E-state index in [2.05, 4.69) is 15.3 Å². The molecule has 0 saturated carbocycles. The molecule has 4 nitrogen and oxygen atoms in total. The Hall–Kier alpha value is -2.62. The second-order valence-electron chi connectivity index (χ2n) is 4.70. The number of benzene rings is 1. The first-order valence-corrected chi connectivity index (χ1v) is 6.18. The van der Waals surface area contributed by atoms with Crippen LogP contribution in [0, 0.1) is 0 Å². The van der Waals surface area contributed by atoms with Gasteiger partial charge < -0.3 is 11.1 Å². The van der Waals surface area contributed by atoms with Gasteiger partial charge in [0.1, 0.15) is 0 Å². The number of pyridine rings is 2. The molecular weight excluding hydrogens is 236 g/mol. The molecule has 0 saturated heterocycles. The molecule has 0 aliphatic carbocycles. The van der Waals surface area contributed by atoms with Gasteiger partial charge in [0.25, 0.3) is 0 Å². The van der Waals surface area contributed by atoms with E-state index in [4.69, 9.17) is 5.73 Å². The topological polar surface area (TPSA) is 63.8 Å². The number of nitrogens with two attached hydrogens (primary N) is 1. The Morgan fingerprint density at radius 2 is 1.84 bits per heavy atom. The largest absolute Gasteiger partial charge is 0.398 e. The van der Waals surface area contributed by atoms with Crippen LogP contribution in [0.5, 0.6) is 0 Å². The number of aromatic nitrogens is 2. The van der Waals surface area contributed by atoms with Crippen LogP contribution in [0.1, 0.15) is 5.56 Å². The summed E-state index contributed by atoms with van der Waals surface area (Å²) in [5.74, 6) is 0. The lowest BCUT2D eigenvalue weighted by Gasteiger charge is -2.23. The molecule has 3 aromatic rings. The average Bonchev–Trinajstić information content (AvgIpc) is 2.47. The van der Waals surface area contributed by atoms with Gasteiger partial charge in [-0.2, -0.15) is 0 Å². The van der Waals surface area contributed by atoms with E-state index in [0.717, 1.165) is 34.3 Å². The van der Waals surface area contributed by atoms with Crippen molar-refractivity contribution < 1.29 is 0 Å². The Labute approximate surface area is 110 Å². The summed E-state index contributed by atoms with van der Waals surface area (Å²) in [5, 5.41) is 5.56. The van der Waals surface area contributed by atoms with Crippen LogP contribution < -0.4 is 11.1 Å². The van der Waals surface area contributed by atoms with Gasteiger partial charge in [0, 0.05) is 53.4 Å². The maximum absolute atomic E-state index is 6.17. The summed E-state index contributed by atoms with van der Waals surface area (Å²) in [5.41, 5.74) is 11.6. The molecule has 0 radical (unpaired) electrons. The van der Waals surface area contributed by atoms with Gasteiger partial charge in [-0.25, -0.2) is 0 Å². The van der Waals surface area contributed by atoms with Gasteiger partial charge in [-0.15, -0.1) is 0 Å². The van der Waals surface area contributed by atoms with E-state index in [-0.39, 0.29) is 0 Å². The molecule has 3 N–H and O–H groups in total. The van der Waals surface area contributed by atoms with Crippen molar-refractivity contribution in [1.82, 2.24) is 9.97 Å². The van der Waals surface area contributed by atoms with Gasteiger partial charge >= 0.3 is 0 Å². The molecular formula is C15H12N4. The molecule has 0 unspecified atom stereocenters. The van der Waals surface area contributed by atoms with Gasteiger partial charge in [0.05, 0.1) is 5.69 Å². The van der Waals surface area contributed by atoms with Gasteiger partial charge in [0.2, 0.25) is 0 Å². The molecule has 4 rings (SSSR count). The maximum Gasteiger partial charge on any atom is 0.0519 e. The zero-order chi connectivity index (χ0) is 12.8. The third-order valence-corrected chi connectivity index (χ3v) is 3.62. The standard InChI is InChI=1S/C15H12N4/c16-14-5-12-10-1-3-17-6-9(10)7-19-15(12)13-8-18-4-2-11(13)14/h1-6,8,19H,7,16H2. The van der Waals surface area contributed by atoms with Crippen molar-refractivity contribution in [3.63, 3.8) is 0 Å². The van der Waals surface area contributed by atoms with Crippen LogP contribution in [0.4, 0.5) is 11.4 Å². The van der Waals surface area contributed by atoms with Crippen molar-refractivity contribution in [3.05, 3.63) is 48.5 Å². The summed E-state index contributed by atoms with van der Waals surface area (Å²) < 4.78 is 0. The molecule has 1 aromatic carbocycles. The van der Waals surface area contributed by atoms with E-state index in [1.807, 2.05) is 36.8 Å². The molecule has 4 heteroatoms. The predicted molar refractivity (Wildman–Crippen MR) is 76.7 cm³/mol. The number of anilines is 2. The van der Waals surface area contributed by atoms with Crippen LogP contribution in [0.25, 0.3) is 21.9 Å². The van der Waals surface area contributed by atoms with Crippen LogP contribution in [0.2, 0.25) is 0 Å². The zero-order valence-electron chi connectivity index (χ0n) is 10.2. The molecule has 92 valence electrons. The second kappa shape index (κ2) is 3.68. The van der Waals surface area contributed by atoms with E-state index in [9.17, 15) is 0 Å². The Morgan fingerprint density at radius 3 is 2.79 bits per heavy atom. The zero-order valence-corrected chi connectivity index (χ0v) is 10.2. The van der Waals surface area contributed by atoms with Crippen LogP contribution in [0.15, 0.2) is 43.0 Å². The lowest BCUT2D eigenvalue weighted by atomic mass is 9.93. The molecule has 0 fully saturated rings. The van der Waals surface area contributed by atoms with Crippen molar-refractivity contribution in [1.29, 1.82) is 0 Å². The fraction of sp³-hybridized carbons (Fsp3) is 0.0667. The SMILES string of the molecule is Nc1cc2c(c3cnccc13)NCc1cnccc1-2. The normalized spacial score (nSPS) is 12.6. The number of fused-ring (bicyclic) bond motifs is 5. The van der Waals surface area contributed by atoms with Crippen molar-refractivity contribution in [2.24, 2.45) is 0 Å². The van der Waals surface area contributed by atoms with E-state index < -0.39 is 0 Å². The summed E-state index contributed by atoms with van der Waals surface area (Å²) >= 11 is 0. The highest BCUT2D eigenvalue weighted by Gasteiger charge is 2.19. The van der Waals surface area contributed by atoms with Gasteiger partial charge in [0.15, 0.2) is 0 Å². The summed E-state index contributed by atoms with van der Waals surface area (Å²) in [6.45, 7) is 0.782. The number of nitrogens with one attached hydrogen (secondary N) is 1. The van der Waals surface area contributed by atoms with Crippen LogP contribution in [-0.2, 0) is 6.54 Å². The molecule has 3 heterocycles. The summed E-state index contributed by atoms with van der Waals surface area (Å²) in [7, 11) is 0. The first-order valence-electron chi connectivity index (χ1n) is 6.18. The number of nitrogens with zero attached hydrogens (tertiary/aromatic N) is 2. The third-order valence-electron chi connectivity index (χ3n) is 3.62. The fourth-order valence-corrected chi connectivity index (χ4v) is 2.71. The number of nitrogen functional groups attached to an aromatic ring is 1. The van der Waals surface area contributed by atoms with Crippen LogP contribution in [-0.4, -0.2) is 9.97 Å². The molecule has 1 aliphatic heterocycles. The molecule has 0 atom stereocenters. The second-order valence-corrected chi connectivity index (χ2v) is 4.70. The van der Waals surface area contributed by atoms with Gasteiger partial charge in [-0.1, -0.05) is 0 Å². The van der Waals surface area contributed by atoms with E-state index in [1.165, 1.54) is 11.1 Å². The lowest BCUT2D eigenvalue weighted by molar-refractivity contribution is 1.10. The first kappa shape index (κ1) is 10.3. The van der Waals surface area contributed by atoms with Gasteiger partial charge in [-0.05, 0) is 29.3 Å². The minimum absolute atomic E-state index is 0.780. The van der Waals surface area contributed by atoms with Crippen molar-refractivity contribution in [2.75, 3.05) is 11.1 Å². The predicted octanol–water partition coefficient (Wildman–Crippen LogP) is 2.80. The Kier molecular flexibility index (Phi) is 2.00. The lowest BCUT2D eigenvalue weighted by Crippen LogP contribution is -2.10. The average molecular weight is 248 g/mol. The molecule has 0 spiro atoms. The molecule has 19 heavy (non-hydrogen) atoms. The van der Waals surface area contributed by atoms with E-state index in [1.54, 1.807) is 6.20 Å². The quantitative estimate of drug-likeness (QED) is 0.600. The van der Waals surface area contributed by atoms with E-state index in [0.29, 0.717) is 0 Å². The Bertz CT molecular complexity index is 795. The summed E-state index contributed by atoms with van der Waals surface area (Å²) in [6, 6.07) is 6.02. The fourth-order valence-electron chi connectivity index (χ4n) is 2.71. The number of hydrogen-bond acceptors (Lipinski definition) is 4. The highest BCUT2D eigenvalue weighted by atomic mass is 14.9. The summed E-state index contributed by atoms with van der Waals surface area (Å²) in [6.07, 6.45) is 7.35. The summed E-state index contributed by atoms with van der Waals surface area (Å²) in [4.78, 5) is 8.38. The monoisotopic (exact) mass is 248 g/mol. The third kappa shape index (κ3) is 1.40. The highest BCUT2D eigenvalue weighted by molar-refractivity contribution is 6.08. The van der Waals surface area contributed by atoms with Crippen LogP contribution >= 0.6 is 0 Å². The maximum atomic E-state index is 6.17. The van der Waals surface area contributed by atoms with Crippen molar-refractivity contribution in [2.45, 2.75) is 6.54 Å². The molecule has 0 amide bonds. The highest BCUT2D eigenvalue weighted by Crippen LogP contribution is 2.41. The Morgan fingerprint density at radius 1 is 1.00 bits per heavy atom. The van der Waals surface area contributed by atoms with Gasteiger partial charge in [-0.3, -0.25) is 9.97 Å². The number of rotatable bonds is 0. The van der Waals surface area contributed by atoms with E-state index >= 15 is 0 Å². The first-order chi connectivity index (χ1) is 9.34. The minimum Gasteiger partial charge on any atom is -0.398 e. The molecule has 1 aliphatic rings. The Balaban J connectivity index is 2.13. The minimum atomic E-state index is 0.780. The molecule has 2 aromatic heterocycles. The molecule has 0 bridgehead atoms.